The summed E-state index contributed by atoms with van der Waals surface area (Å²) in [7, 11) is 1.70. The first-order valence-corrected chi connectivity index (χ1v) is 14.6. The second kappa shape index (κ2) is 10.7. The Hall–Kier alpha value is -3.18. The lowest BCUT2D eigenvalue weighted by Crippen LogP contribution is -2.55. The van der Waals surface area contributed by atoms with Crippen LogP contribution in [0.15, 0.2) is 60.2 Å². The number of hydrogen-bond donors (Lipinski definition) is 1. The van der Waals surface area contributed by atoms with Crippen molar-refractivity contribution in [3.05, 3.63) is 77.5 Å². The predicted molar refractivity (Wildman–Crippen MR) is 166 cm³/mol. The van der Waals surface area contributed by atoms with Crippen molar-refractivity contribution in [2.24, 2.45) is 10.9 Å². The maximum absolute atomic E-state index is 11.5. The van der Waals surface area contributed by atoms with Crippen LogP contribution in [0.3, 0.4) is 0 Å². The second-order valence-corrected chi connectivity index (χ2v) is 13.7. The summed E-state index contributed by atoms with van der Waals surface area (Å²) < 4.78 is 5.60. The maximum atomic E-state index is 11.5. The molecule has 4 heterocycles. The molecule has 0 radical (unpaired) electrons. The van der Waals surface area contributed by atoms with E-state index < -0.39 is 0 Å². The average Bonchev–Trinajstić information content (AvgIpc) is 2.92. The molecule has 1 N–H and O–H groups in total. The minimum Gasteiger partial charge on any atom is -0.507 e. The molecule has 3 aliphatic rings. The van der Waals surface area contributed by atoms with Gasteiger partial charge in [0.05, 0.1) is 18.7 Å². The van der Waals surface area contributed by atoms with Gasteiger partial charge in [0.2, 0.25) is 0 Å². The second-order valence-electron chi connectivity index (χ2n) is 13.7. The van der Waals surface area contributed by atoms with Crippen molar-refractivity contribution in [1.29, 1.82) is 0 Å². The van der Waals surface area contributed by atoms with Crippen LogP contribution in [0.4, 0.5) is 0 Å². The molecule has 2 aromatic carbocycles. The van der Waals surface area contributed by atoms with Crippen LogP contribution in [0, 0.1) is 5.92 Å². The molecule has 1 aromatic heterocycles. The van der Waals surface area contributed by atoms with E-state index in [0.29, 0.717) is 17.7 Å². The molecule has 0 aliphatic carbocycles. The van der Waals surface area contributed by atoms with Crippen LogP contribution in [-0.2, 0) is 10.8 Å². The Kier molecular flexibility index (Phi) is 7.56. The van der Waals surface area contributed by atoms with Gasteiger partial charge in [-0.1, -0.05) is 53.7 Å². The number of nitrogens with zero attached hydrogens (tertiary/aromatic N) is 3. The van der Waals surface area contributed by atoms with Crippen LogP contribution in [0.2, 0.25) is 0 Å². The first kappa shape index (κ1) is 28.4. The van der Waals surface area contributed by atoms with Crippen molar-refractivity contribution in [3.8, 4) is 11.5 Å². The SMILES string of the molecule is C=C[C@H]1C[C@@H]2CC[N@@]1[C@@H](C(/N=C/c1cc(C(C)(C)C)cc(C(C)(C)C)c1O)c1ccnc3ccc(OC)cc13)C2. The maximum Gasteiger partial charge on any atom is 0.128 e. The Morgan fingerprint density at radius 1 is 1.07 bits per heavy atom. The molecular weight excluding hydrogens is 494 g/mol. The van der Waals surface area contributed by atoms with Crippen molar-refractivity contribution in [1.82, 2.24) is 9.88 Å². The van der Waals surface area contributed by atoms with E-state index in [0.717, 1.165) is 46.3 Å². The molecule has 40 heavy (non-hydrogen) atoms. The lowest BCUT2D eigenvalue weighted by atomic mass is 9.75. The van der Waals surface area contributed by atoms with Gasteiger partial charge in [0.15, 0.2) is 0 Å². The Morgan fingerprint density at radius 2 is 1.85 bits per heavy atom. The number of phenols is 1. The highest BCUT2D eigenvalue weighted by Gasteiger charge is 2.43. The summed E-state index contributed by atoms with van der Waals surface area (Å²) in [4.78, 5) is 12.6. The summed E-state index contributed by atoms with van der Waals surface area (Å²) in [6, 6.07) is 12.9. The highest BCUT2D eigenvalue weighted by atomic mass is 16.5. The number of hydrogen-bond acceptors (Lipinski definition) is 5. The van der Waals surface area contributed by atoms with E-state index in [1.165, 1.54) is 18.4 Å². The molecule has 5 heteroatoms. The first-order chi connectivity index (χ1) is 18.9. The van der Waals surface area contributed by atoms with E-state index in [9.17, 15) is 5.11 Å². The number of aliphatic imine (C=N–C) groups is 1. The standard InChI is InChI=1S/C35H45N3O2/c1-9-25-16-22-13-15-38(25)31(17-22)32(27-12-14-36-30-11-10-26(40-8)20-28(27)30)37-21-23-18-24(34(2,3)4)19-29(33(23)39)35(5,6)7/h9-12,14,18-22,25,31-32,39H,1,13,15-17H2,2-8H3/b37-21+/t22-,25-,31+,32?/m0/s1. The van der Waals surface area contributed by atoms with Gasteiger partial charge >= 0.3 is 0 Å². The molecule has 212 valence electrons. The number of ether oxygens (including phenoxy) is 1. The zero-order valence-corrected chi connectivity index (χ0v) is 25.2. The normalized spacial score (nSPS) is 24.0. The monoisotopic (exact) mass is 539 g/mol. The minimum atomic E-state index is -0.198. The van der Waals surface area contributed by atoms with Gasteiger partial charge in [-0.3, -0.25) is 14.9 Å². The third-order valence-electron chi connectivity index (χ3n) is 8.92. The van der Waals surface area contributed by atoms with Crippen molar-refractivity contribution < 1.29 is 9.84 Å². The van der Waals surface area contributed by atoms with Crippen LogP contribution in [0.5, 0.6) is 11.5 Å². The van der Waals surface area contributed by atoms with Crippen LogP contribution in [0.1, 0.15) is 89.1 Å². The highest BCUT2D eigenvalue weighted by Crippen LogP contribution is 2.44. The average molecular weight is 540 g/mol. The molecule has 5 nitrogen and oxygen atoms in total. The predicted octanol–water partition coefficient (Wildman–Crippen LogP) is 7.74. The van der Waals surface area contributed by atoms with Gasteiger partial charge < -0.3 is 9.84 Å². The Morgan fingerprint density at radius 3 is 2.50 bits per heavy atom. The quantitative estimate of drug-likeness (QED) is 0.257. The van der Waals surface area contributed by atoms with Gasteiger partial charge in [-0.2, -0.15) is 0 Å². The van der Waals surface area contributed by atoms with Crippen LogP contribution in [-0.4, -0.2) is 46.9 Å². The first-order valence-electron chi connectivity index (χ1n) is 14.6. The van der Waals surface area contributed by atoms with Crippen molar-refractivity contribution in [2.45, 2.75) is 89.8 Å². The number of phenolic OH excluding ortho intramolecular Hbond substituents is 1. The molecule has 3 fully saturated rings. The minimum absolute atomic E-state index is 0.0566. The van der Waals surface area contributed by atoms with E-state index in [1.54, 1.807) is 7.11 Å². The zero-order chi connectivity index (χ0) is 28.8. The van der Waals surface area contributed by atoms with Crippen LogP contribution >= 0.6 is 0 Å². The van der Waals surface area contributed by atoms with Crippen molar-refractivity contribution in [3.63, 3.8) is 0 Å². The van der Waals surface area contributed by atoms with E-state index in [1.807, 2.05) is 24.5 Å². The van der Waals surface area contributed by atoms with Crippen LogP contribution in [0.25, 0.3) is 10.9 Å². The Bertz CT molecular complexity index is 1430. The van der Waals surface area contributed by atoms with Gasteiger partial charge in [-0.15, -0.1) is 6.58 Å². The number of rotatable bonds is 6. The summed E-state index contributed by atoms with van der Waals surface area (Å²) in [6.45, 7) is 18.3. The molecule has 5 atom stereocenters. The van der Waals surface area contributed by atoms with Gasteiger partial charge in [0, 0.05) is 41.0 Å². The molecule has 3 aromatic rings. The lowest BCUT2D eigenvalue weighted by Gasteiger charge is -2.51. The summed E-state index contributed by atoms with van der Waals surface area (Å²) >= 11 is 0. The largest absolute Gasteiger partial charge is 0.507 e. The molecule has 0 amide bonds. The molecule has 0 spiro atoms. The van der Waals surface area contributed by atoms with E-state index in [2.05, 4.69) is 88.3 Å². The topological polar surface area (TPSA) is 58.0 Å². The Balaban J connectivity index is 1.68. The van der Waals surface area contributed by atoms with E-state index in [-0.39, 0.29) is 22.9 Å². The van der Waals surface area contributed by atoms with Gasteiger partial charge in [-0.25, -0.2) is 0 Å². The summed E-state index contributed by atoms with van der Waals surface area (Å²) in [5.74, 6) is 1.80. The summed E-state index contributed by atoms with van der Waals surface area (Å²) in [6.07, 6.45) is 9.42. The molecule has 3 aliphatic heterocycles. The zero-order valence-electron chi connectivity index (χ0n) is 25.2. The number of pyridine rings is 1. The fourth-order valence-electron chi connectivity index (χ4n) is 6.58. The number of benzene rings is 2. The number of methoxy groups -OCH3 is 1. The molecular formula is C35H45N3O2. The van der Waals surface area contributed by atoms with E-state index >= 15 is 0 Å². The van der Waals surface area contributed by atoms with Crippen molar-refractivity contribution in [2.75, 3.05) is 13.7 Å². The Labute approximate surface area is 240 Å². The van der Waals surface area contributed by atoms with E-state index in [4.69, 9.17) is 9.73 Å². The third-order valence-corrected chi connectivity index (χ3v) is 8.92. The molecule has 6 rings (SSSR count). The van der Waals surface area contributed by atoms with Gasteiger partial charge in [-0.05, 0) is 84.0 Å². The van der Waals surface area contributed by atoms with Gasteiger partial charge in [0.1, 0.15) is 11.5 Å². The smallest absolute Gasteiger partial charge is 0.128 e. The molecule has 1 unspecified atom stereocenters. The number of fused-ring (bicyclic) bond motifs is 4. The molecule has 0 saturated carbocycles. The van der Waals surface area contributed by atoms with Crippen molar-refractivity contribution >= 4 is 17.1 Å². The third kappa shape index (κ3) is 5.41. The fraction of sp³-hybridized carbons (Fsp3) is 0.486. The number of piperidine rings is 3. The van der Waals surface area contributed by atoms with Gasteiger partial charge in [0.25, 0.3) is 0 Å². The summed E-state index contributed by atoms with van der Waals surface area (Å²) in [5.41, 5.74) is 4.74. The highest BCUT2D eigenvalue weighted by molar-refractivity contribution is 5.87. The molecule has 2 bridgehead atoms. The number of aromatic hydroxyl groups is 1. The fourth-order valence-corrected chi connectivity index (χ4v) is 6.58. The van der Waals surface area contributed by atoms with Crippen LogP contribution < -0.4 is 4.74 Å². The number of aromatic nitrogens is 1. The summed E-state index contributed by atoms with van der Waals surface area (Å²) in [5, 5.41) is 12.6. The molecule has 3 saturated heterocycles. The lowest BCUT2D eigenvalue weighted by molar-refractivity contribution is 0.00559.